The summed E-state index contributed by atoms with van der Waals surface area (Å²) in [7, 11) is -3.58. The molecule has 0 spiro atoms. The molecule has 1 atom stereocenters. The SMILES string of the molecule is CC=CCC(CC)(OCCCS(=O)(=O)c1nnn[nH]1)c1ccc(Cl)c(O)c1. The quantitative estimate of drug-likeness (QED) is 0.453. The third-order valence-corrected chi connectivity index (χ3v) is 6.19. The van der Waals surface area contributed by atoms with Crippen molar-refractivity contribution >= 4 is 21.4 Å². The summed E-state index contributed by atoms with van der Waals surface area (Å²) in [4.78, 5) is 0. The zero-order valence-electron chi connectivity index (χ0n) is 15.2. The molecule has 2 N–H and O–H groups in total. The van der Waals surface area contributed by atoms with Crippen molar-refractivity contribution in [3.05, 3.63) is 40.9 Å². The number of phenols is 1. The fraction of sp³-hybridized carbons (Fsp3) is 0.471. The summed E-state index contributed by atoms with van der Waals surface area (Å²) in [6.07, 6.45) is 5.40. The molecule has 0 aliphatic rings. The Morgan fingerprint density at radius 1 is 1.41 bits per heavy atom. The standard InChI is InChI=1S/C17H23ClN4O4S/c1-3-5-9-17(4-2,13-7-8-14(18)15(23)12-13)26-10-6-11-27(24,25)16-19-21-22-20-16/h3,5,7-8,12,23H,4,6,9-11H2,1-2H3,(H,19,20,21,22). The first-order valence-electron chi connectivity index (χ1n) is 8.55. The van der Waals surface area contributed by atoms with E-state index in [1.54, 1.807) is 12.1 Å². The maximum atomic E-state index is 12.1. The van der Waals surface area contributed by atoms with Gasteiger partial charge >= 0.3 is 0 Å². The van der Waals surface area contributed by atoms with E-state index < -0.39 is 15.4 Å². The van der Waals surface area contributed by atoms with Crippen LogP contribution in [0.4, 0.5) is 0 Å². The van der Waals surface area contributed by atoms with E-state index in [0.717, 1.165) is 5.56 Å². The van der Waals surface area contributed by atoms with Gasteiger partial charge in [-0.05, 0) is 54.3 Å². The van der Waals surface area contributed by atoms with Gasteiger partial charge in [0.05, 0.1) is 16.4 Å². The first kappa shape index (κ1) is 21.3. The van der Waals surface area contributed by atoms with Crippen LogP contribution in [0.25, 0.3) is 0 Å². The van der Waals surface area contributed by atoms with E-state index in [2.05, 4.69) is 20.6 Å². The summed E-state index contributed by atoms with van der Waals surface area (Å²) in [5.74, 6) is -0.157. The fourth-order valence-electron chi connectivity index (χ4n) is 2.71. The van der Waals surface area contributed by atoms with Gasteiger partial charge in [-0.1, -0.05) is 41.8 Å². The van der Waals surface area contributed by atoms with Crippen LogP contribution >= 0.6 is 11.6 Å². The summed E-state index contributed by atoms with van der Waals surface area (Å²) in [6.45, 7) is 4.11. The lowest BCUT2D eigenvalue weighted by atomic mass is 9.87. The predicted molar refractivity (Wildman–Crippen MR) is 101 cm³/mol. The van der Waals surface area contributed by atoms with Crippen LogP contribution in [0, 0.1) is 0 Å². The first-order valence-corrected chi connectivity index (χ1v) is 10.6. The number of tetrazole rings is 1. The number of hydrogen-bond acceptors (Lipinski definition) is 7. The summed E-state index contributed by atoms with van der Waals surface area (Å²) in [5, 5.41) is 22.2. The normalized spacial score (nSPS) is 14.5. The number of sulfone groups is 1. The molecule has 0 aliphatic heterocycles. The van der Waals surface area contributed by atoms with Gasteiger partial charge in [0.2, 0.25) is 9.84 Å². The van der Waals surface area contributed by atoms with Crippen LogP contribution in [-0.2, 0) is 20.2 Å². The molecule has 1 aromatic heterocycles. The highest BCUT2D eigenvalue weighted by Gasteiger charge is 2.31. The van der Waals surface area contributed by atoms with Crippen LogP contribution in [0.5, 0.6) is 5.75 Å². The van der Waals surface area contributed by atoms with Gasteiger partial charge in [0.25, 0.3) is 5.16 Å². The molecule has 148 valence electrons. The molecule has 2 aromatic rings. The molecule has 0 amide bonds. The smallest absolute Gasteiger partial charge is 0.265 e. The topological polar surface area (TPSA) is 118 Å². The van der Waals surface area contributed by atoms with Gasteiger partial charge in [-0.3, -0.25) is 0 Å². The Morgan fingerprint density at radius 3 is 2.78 bits per heavy atom. The number of aromatic hydroxyl groups is 1. The maximum Gasteiger partial charge on any atom is 0.265 e. The number of aromatic amines is 1. The highest BCUT2D eigenvalue weighted by molar-refractivity contribution is 7.91. The number of ether oxygens (including phenoxy) is 1. The molecule has 10 heteroatoms. The average Bonchev–Trinajstić information content (AvgIpc) is 3.20. The second-order valence-corrected chi connectivity index (χ2v) is 8.45. The number of rotatable bonds is 10. The monoisotopic (exact) mass is 414 g/mol. The lowest BCUT2D eigenvalue weighted by Crippen LogP contribution is -2.29. The minimum atomic E-state index is -3.58. The molecule has 8 nitrogen and oxygen atoms in total. The molecular formula is C17H23ClN4O4S. The van der Waals surface area contributed by atoms with E-state index in [4.69, 9.17) is 16.3 Å². The number of hydrogen-bond donors (Lipinski definition) is 2. The van der Waals surface area contributed by atoms with E-state index in [0.29, 0.717) is 12.8 Å². The van der Waals surface area contributed by atoms with Crippen molar-refractivity contribution < 1.29 is 18.3 Å². The van der Waals surface area contributed by atoms with Crippen molar-refractivity contribution in [2.45, 2.75) is 43.9 Å². The fourth-order valence-corrected chi connectivity index (χ4v) is 3.86. The summed E-state index contributed by atoms with van der Waals surface area (Å²) >= 11 is 5.91. The van der Waals surface area contributed by atoms with Gasteiger partial charge in [0, 0.05) is 6.61 Å². The molecule has 0 saturated heterocycles. The number of nitrogens with zero attached hydrogens (tertiary/aromatic N) is 3. The molecule has 0 saturated carbocycles. The number of phenolic OH excluding ortho intramolecular Hbond substituents is 1. The Hall–Kier alpha value is -1.97. The van der Waals surface area contributed by atoms with Crippen molar-refractivity contribution in [3.63, 3.8) is 0 Å². The molecule has 0 radical (unpaired) electrons. The number of halogens is 1. The van der Waals surface area contributed by atoms with E-state index in [-0.39, 0.29) is 34.7 Å². The largest absolute Gasteiger partial charge is 0.506 e. The zero-order chi connectivity index (χ0) is 19.9. The minimum Gasteiger partial charge on any atom is -0.506 e. The number of aromatic nitrogens is 4. The second kappa shape index (κ2) is 9.29. The molecule has 27 heavy (non-hydrogen) atoms. The molecule has 1 aromatic carbocycles. The average molecular weight is 415 g/mol. The van der Waals surface area contributed by atoms with Crippen molar-refractivity contribution in [2.24, 2.45) is 0 Å². The van der Waals surface area contributed by atoms with Crippen LogP contribution in [0.15, 0.2) is 35.5 Å². The maximum absolute atomic E-state index is 12.1. The minimum absolute atomic E-state index is 0.0172. The van der Waals surface area contributed by atoms with E-state index in [1.807, 2.05) is 32.1 Å². The van der Waals surface area contributed by atoms with Crippen molar-refractivity contribution in [1.82, 2.24) is 20.6 Å². The van der Waals surface area contributed by atoms with Crippen LogP contribution in [0.1, 0.15) is 38.7 Å². The summed E-state index contributed by atoms with van der Waals surface area (Å²) in [5.41, 5.74) is 0.0962. The Balaban J connectivity index is 2.11. The Labute approximate surface area is 163 Å². The molecule has 1 heterocycles. The van der Waals surface area contributed by atoms with E-state index >= 15 is 0 Å². The van der Waals surface area contributed by atoms with Gasteiger partial charge in [0.15, 0.2) is 0 Å². The van der Waals surface area contributed by atoms with Crippen LogP contribution in [-0.4, -0.2) is 46.5 Å². The van der Waals surface area contributed by atoms with Crippen LogP contribution < -0.4 is 0 Å². The number of H-pyrrole nitrogens is 1. The zero-order valence-corrected chi connectivity index (χ0v) is 16.8. The molecule has 1 unspecified atom stereocenters. The Morgan fingerprint density at radius 2 is 2.19 bits per heavy atom. The second-order valence-electron chi connectivity index (χ2n) is 6.01. The number of allylic oxidation sites excluding steroid dienone is 1. The predicted octanol–water partition coefficient (Wildman–Crippen LogP) is 3.01. The Kier molecular flexibility index (Phi) is 7.34. The third kappa shape index (κ3) is 5.27. The Bertz CT molecular complexity index is 871. The van der Waals surface area contributed by atoms with Crippen molar-refractivity contribution in [1.29, 1.82) is 0 Å². The van der Waals surface area contributed by atoms with Crippen molar-refractivity contribution in [2.75, 3.05) is 12.4 Å². The van der Waals surface area contributed by atoms with Crippen LogP contribution in [0.3, 0.4) is 0 Å². The van der Waals surface area contributed by atoms with Gasteiger partial charge < -0.3 is 9.84 Å². The number of benzene rings is 1. The van der Waals surface area contributed by atoms with Gasteiger partial charge in [-0.2, -0.15) is 0 Å². The lowest BCUT2D eigenvalue weighted by molar-refractivity contribution is -0.0515. The third-order valence-electron chi connectivity index (χ3n) is 4.28. The molecule has 2 rings (SSSR count). The van der Waals surface area contributed by atoms with E-state index in [9.17, 15) is 13.5 Å². The van der Waals surface area contributed by atoms with Crippen LogP contribution in [0.2, 0.25) is 5.02 Å². The highest BCUT2D eigenvalue weighted by atomic mass is 35.5. The lowest BCUT2D eigenvalue weighted by Gasteiger charge is -2.33. The first-order chi connectivity index (χ1) is 12.8. The molecular weight excluding hydrogens is 392 g/mol. The van der Waals surface area contributed by atoms with Gasteiger partial charge in [-0.25, -0.2) is 13.5 Å². The molecule has 0 aliphatic carbocycles. The van der Waals surface area contributed by atoms with Gasteiger partial charge in [-0.15, -0.1) is 0 Å². The van der Waals surface area contributed by atoms with E-state index in [1.165, 1.54) is 0 Å². The summed E-state index contributed by atoms with van der Waals surface area (Å²) in [6, 6.07) is 5.02. The highest BCUT2D eigenvalue weighted by Crippen LogP contribution is 2.37. The number of nitrogens with one attached hydrogen (secondary N) is 1. The van der Waals surface area contributed by atoms with Gasteiger partial charge in [0.1, 0.15) is 5.75 Å². The van der Waals surface area contributed by atoms with Crippen molar-refractivity contribution in [3.8, 4) is 5.75 Å². The molecule has 0 fully saturated rings. The molecule has 0 bridgehead atoms. The summed E-state index contributed by atoms with van der Waals surface area (Å²) < 4.78 is 30.4.